The predicted molar refractivity (Wildman–Crippen MR) is 62.8 cm³/mol. The molecule has 0 bridgehead atoms. The van der Waals surface area contributed by atoms with Gasteiger partial charge in [0.15, 0.2) is 0 Å². The van der Waals surface area contributed by atoms with Crippen molar-refractivity contribution in [3.63, 3.8) is 0 Å². The van der Waals surface area contributed by atoms with Crippen molar-refractivity contribution in [3.8, 4) is 11.4 Å². The Bertz CT molecular complexity index is 423. The summed E-state index contributed by atoms with van der Waals surface area (Å²) < 4.78 is 7.49. The highest BCUT2D eigenvalue weighted by atomic mass is 16.5. The highest BCUT2D eigenvalue weighted by molar-refractivity contribution is 5.45. The summed E-state index contributed by atoms with van der Waals surface area (Å²) in [5.74, 6) is 0.869. The third-order valence-electron chi connectivity index (χ3n) is 2.32. The van der Waals surface area contributed by atoms with Gasteiger partial charge in [-0.15, -0.1) is 0 Å². The summed E-state index contributed by atoms with van der Waals surface area (Å²) in [5, 5.41) is 4.09. The maximum Gasteiger partial charge on any atom is 0.144 e. The summed E-state index contributed by atoms with van der Waals surface area (Å²) in [5.41, 5.74) is 0.958. The Labute approximate surface area is 95.7 Å². The molecule has 1 heterocycles. The molecule has 0 saturated carbocycles. The Kier molecular flexibility index (Phi) is 3.59. The molecule has 0 spiro atoms. The van der Waals surface area contributed by atoms with Crippen LogP contribution >= 0.6 is 0 Å². The zero-order chi connectivity index (χ0) is 11.2. The molecule has 3 heteroatoms. The minimum atomic E-state index is 0.749. The van der Waals surface area contributed by atoms with E-state index >= 15 is 0 Å². The van der Waals surface area contributed by atoms with Gasteiger partial charge in [-0.3, -0.25) is 0 Å². The fraction of sp³-hybridized carbons (Fsp3) is 0.308. The number of hydrogen-bond acceptors (Lipinski definition) is 2. The van der Waals surface area contributed by atoms with Crippen LogP contribution < -0.4 is 4.74 Å². The Hall–Kier alpha value is -1.77. The first-order valence-corrected chi connectivity index (χ1v) is 5.55. The Morgan fingerprint density at radius 1 is 1.38 bits per heavy atom. The molecule has 1 aromatic carbocycles. The van der Waals surface area contributed by atoms with Gasteiger partial charge in [-0.05, 0) is 24.6 Å². The van der Waals surface area contributed by atoms with E-state index in [1.807, 2.05) is 30.5 Å². The van der Waals surface area contributed by atoms with Crippen LogP contribution in [-0.4, -0.2) is 16.4 Å². The molecule has 0 amide bonds. The molecule has 0 aliphatic carbocycles. The molecule has 2 rings (SSSR count). The summed E-state index contributed by atoms with van der Waals surface area (Å²) in [4.78, 5) is 0. The van der Waals surface area contributed by atoms with Gasteiger partial charge in [0.1, 0.15) is 17.6 Å². The van der Waals surface area contributed by atoms with Crippen LogP contribution in [0.5, 0.6) is 5.75 Å². The molecule has 1 radical (unpaired) electrons. The Balaban J connectivity index is 2.18. The van der Waals surface area contributed by atoms with Crippen LogP contribution in [0, 0.1) is 6.20 Å². The molecule has 1 aromatic heterocycles. The van der Waals surface area contributed by atoms with Gasteiger partial charge in [0.2, 0.25) is 0 Å². The summed E-state index contributed by atoms with van der Waals surface area (Å²) in [6, 6.07) is 9.68. The second kappa shape index (κ2) is 5.35. The maximum atomic E-state index is 5.73. The van der Waals surface area contributed by atoms with Gasteiger partial charge in [0.05, 0.1) is 6.61 Å². The molecule has 83 valence electrons. The van der Waals surface area contributed by atoms with Crippen LogP contribution in [0.2, 0.25) is 0 Å². The first-order chi connectivity index (χ1) is 7.92. The van der Waals surface area contributed by atoms with E-state index in [0.717, 1.165) is 30.9 Å². The molecule has 0 atom stereocenters. The average molecular weight is 215 g/mol. The summed E-state index contributed by atoms with van der Waals surface area (Å²) in [6.45, 7) is 2.90. The van der Waals surface area contributed by atoms with E-state index in [1.165, 1.54) is 0 Å². The van der Waals surface area contributed by atoms with Gasteiger partial charge in [0, 0.05) is 6.20 Å². The van der Waals surface area contributed by atoms with E-state index in [9.17, 15) is 0 Å². The lowest BCUT2D eigenvalue weighted by atomic mass is 10.3. The van der Waals surface area contributed by atoms with E-state index in [0.29, 0.717) is 0 Å². The predicted octanol–water partition coefficient (Wildman–Crippen LogP) is 2.85. The van der Waals surface area contributed by atoms with E-state index in [-0.39, 0.29) is 0 Å². The van der Waals surface area contributed by atoms with Crippen molar-refractivity contribution < 1.29 is 4.74 Å². The molecule has 0 N–H and O–H groups in total. The lowest BCUT2D eigenvalue weighted by molar-refractivity contribution is 0.308. The lowest BCUT2D eigenvalue weighted by Gasteiger charge is -2.10. The minimum absolute atomic E-state index is 0.749. The average Bonchev–Trinajstić information content (AvgIpc) is 2.83. The van der Waals surface area contributed by atoms with Crippen LogP contribution in [0.3, 0.4) is 0 Å². The highest BCUT2D eigenvalue weighted by Crippen LogP contribution is 2.21. The third kappa shape index (κ3) is 2.42. The zero-order valence-corrected chi connectivity index (χ0v) is 9.39. The minimum Gasteiger partial charge on any atom is -0.491 e. The van der Waals surface area contributed by atoms with Crippen molar-refractivity contribution >= 4 is 0 Å². The van der Waals surface area contributed by atoms with Crippen molar-refractivity contribution in [3.05, 3.63) is 42.7 Å². The number of aromatic nitrogens is 2. The van der Waals surface area contributed by atoms with Crippen molar-refractivity contribution in [2.75, 3.05) is 6.61 Å². The largest absolute Gasteiger partial charge is 0.491 e. The van der Waals surface area contributed by atoms with Crippen molar-refractivity contribution in [1.82, 2.24) is 9.78 Å². The van der Waals surface area contributed by atoms with E-state index < -0.39 is 0 Å². The molecule has 0 fully saturated rings. The summed E-state index contributed by atoms with van der Waals surface area (Å²) in [7, 11) is 0. The van der Waals surface area contributed by atoms with Crippen molar-refractivity contribution in [2.24, 2.45) is 0 Å². The number of nitrogens with zero attached hydrogens (tertiary/aromatic N) is 2. The topological polar surface area (TPSA) is 27.1 Å². The first-order valence-electron chi connectivity index (χ1n) is 5.55. The van der Waals surface area contributed by atoms with E-state index in [2.05, 4.69) is 18.2 Å². The third-order valence-corrected chi connectivity index (χ3v) is 2.32. The first kappa shape index (κ1) is 10.7. The summed E-state index contributed by atoms with van der Waals surface area (Å²) in [6.07, 6.45) is 6.85. The molecule has 16 heavy (non-hydrogen) atoms. The van der Waals surface area contributed by atoms with Gasteiger partial charge < -0.3 is 4.74 Å². The molecule has 0 aliphatic heterocycles. The van der Waals surface area contributed by atoms with Crippen molar-refractivity contribution in [2.45, 2.75) is 19.8 Å². The van der Waals surface area contributed by atoms with Crippen molar-refractivity contribution in [1.29, 1.82) is 0 Å². The van der Waals surface area contributed by atoms with Crippen LogP contribution in [0.25, 0.3) is 5.69 Å². The molecule has 0 aliphatic rings. The Morgan fingerprint density at radius 3 is 3.00 bits per heavy atom. The molecule has 3 nitrogen and oxygen atoms in total. The molecular weight excluding hydrogens is 200 g/mol. The Morgan fingerprint density at radius 2 is 2.25 bits per heavy atom. The monoisotopic (exact) mass is 215 g/mol. The second-order valence-corrected chi connectivity index (χ2v) is 3.56. The van der Waals surface area contributed by atoms with Gasteiger partial charge in [-0.1, -0.05) is 25.5 Å². The lowest BCUT2D eigenvalue weighted by Crippen LogP contribution is -2.02. The fourth-order valence-electron chi connectivity index (χ4n) is 1.46. The zero-order valence-electron chi connectivity index (χ0n) is 9.39. The summed E-state index contributed by atoms with van der Waals surface area (Å²) >= 11 is 0. The highest BCUT2D eigenvalue weighted by Gasteiger charge is 2.04. The quantitative estimate of drug-likeness (QED) is 0.717. The van der Waals surface area contributed by atoms with Gasteiger partial charge >= 0.3 is 0 Å². The normalized spacial score (nSPS) is 10.3. The number of ether oxygens (including phenoxy) is 1. The van der Waals surface area contributed by atoms with Crippen LogP contribution in [-0.2, 0) is 0 Å². The van der Waals surface area contributed by atoms with Crippen LogP contribution in [0.15, 0.2) is 36.5 Å². The fourth-order valence-corrected chi connectivity index (χ4v) is 1.46. The molecule has 2 aromatic rings. The number of rotatable bonds is 5. The SMILES string of the molecule is CCCCOc1ccccc1-n1cc[c]n1. The van der Waals surface area contributed by atoms with E-state index in [1.54, 1.807) is 10.7 Å². The molecule has 0 saturated heterocycles. The number of benzene rings is 1. The van der Waals surface area contributed by atoms with Gasteiger partial charge in [-0.25, -0.2) is 4.68 Å². The second-order valence-electron chi connectivity index (χ2n) is 3.56. The van der Waals surface area contributed by atoms with Crippen LogP contribution in [0.1, 0.15) is 19.8 Å². The smallest absolute Gasteiger partial charge is 0.144 e. The number of unbranched alkanes of at least 4 members (excludes halogenated alkanes) is 1. The standard InChI is InChI=1S/C13H15N2O/c1-2-3-11-16-13-8-5-4-7-12(13)15-10-6-9-14-15/h4-8,10H,2-3,11H2,1H3. The van der Waals surface area contributed by atoms with Crippen LogP contribution in [0.4, 0.5) is 0 Å². The number of para-hydroxylation sites is 2. The number of hydrogen-bond donors (Lipinski definition) is 0. The van der Waals surface area contributed by atoms with Gasteiger partial charge in [0.25, 0.3) is 0 Å². The maximum absolute atomic E-state index is 5.73. The molecular formula is C13H15N2O. The van der Waals surface area contributed by atoms with E-state index in [4.69, 9.17) is 4.74 Å². The molecule has 0 unspecified atom stereocenters. The van der Waals surface area contributed by atoms with Gasteiger partial charge in [-0.2, -0.15) is 5.10 Å².